The predicted octanol–water partition coefficient (Wildman–Crippen LogP) is 3.19. The molecule has 29 heavy (non-hydrogen) atoms. The second-order valence-electron chi connectivity index (χ2n) is 7.85. The zero-order valence-electron chi connectivity index (χ0n) is 17.3. The van der Waals surface area contributed by atoms with Gasteiger partial charge in [0.1, 0.15) is 5.76 Å². The van der Waals surface area contributed by atoms with Gasteiger partial charge in [-0.3, -0.25) is 14.6 Å². The molecule has 0 radical (unpaired) electrons. The molecule has 152 valence electrons. The Morgan fingerprint density at radius 3 is 2.28 bits per heavy atom. The van der Waals surface area contributed by atoms with Gasteiger partial charge in [-0.1, -0.05) is 38.1 Å². The van der Waals surface area contributed by atoms with Crippen LogP contribution in [0.25, 0.3) is 5.76 Å². The Morgan fingerprint density at radius 1 is 1.10 bits per heavy atom. The van der Waals surface area contributed by atoms with Gasteiger partial charge in [0, 0.05) is 31.0 Å². The van der Waals surface area contributed by atoms with Gasteiger partial charge < -0.3 is 14.9 Å². The number of rotatable bonds is 6. The van der Waals surface area contributed by atoms with E-state index in [1.807, 2.05) is 43.3 Å². The van der Waals surface area contributed by atoms with Crippen LogP contribution in [-0.4, -0.2) is 58.8 Å². The first-order valence-electron chi connectivity index (χ1n) is 9.74. The second-order valence-corrected chi connectivity index (χ2v) is 7.85. The third-order valence-electron chi connectivity index (χ3n) is 5.20. The number of amides is 1. The zero-order chi connectivity index (χ0) is 21.1. The molecule has 0 aliphatic carbocycles. The molecule has 2 heterocycles. The van der Waals surface area contributed by atoms with Crippen molar-refractivity contribution in [2.75, 3.05) is 27.2 Å². The number of hydrogen-bond donors (Lipinski definition) is 1. The Bertz CT molecular complexity index is 918. The summed E-state index contributed by atoms with van der Waals surface area (Å²) in [5.74, 6) is -1.03. The number of aliphatic hydroxyl groups is 1. The Kier molecular flexibility index (Phi) is 6.13. The normalized spacial score (nSPS) is 18.8. The largest absolute Gasteiger partial charge is 0.507 e. The number of likely N-dealkylation sites (N-methyl/N-ethyl adjacent to an activating group) is 1. The van der Waals surface area contributed by atoms with Crippen LogP contribution in [0.2, 0.25) is 0 Å². The van der Waals surface area contributed by atoms with Gasteiger partial charge in [-0.05, 0) is 43.3 Å². The van der Waals surface area contributed by atoms with Gasteiger partial charge in [0.15, 0.2) is 0 Å². The Hall–Kier alpha value is -2.99. The molecular formula is C23H27N3O3. The van der Waals surface area contributed by atoms with Crippen LogP contribution < -0.4 is 0 Å². The van der Waals surface area contributed by atoms with Gasteiger partial charge in [-0.2, -0.15) is 0 Å². The van der Waals surface area contributed by atoms with Gasteiger partial charge >= 0.3 is 0 Å². The fraction of sp³-hybridized carbons (Fsp3) is 0.348. The number of likely N-dealkylation sites (tertiary alicyclic amines) is 1. The van der Waals surface area contributed by atoms with Crippen LogP contribution in [0.1, 0.15) is 42.5 Å². The molecule has 1 atom stereocenters. The summed E-state index contributed by atoms with van der Waals surface area (Å²) in [4.78, 5) is 33.2. The van der Waals surface area contributed by atoms with Crippen molar-refractivity contribution in [2.24, 2.45) is 0 Å². The Morgan fingerprint density at radius 2 is 1.72 bits per heavy atom. The van der Waals surface area contributed by atoms with Crippen LogP contribution in [0.4, 0.5) is 0 Å². The molecule has 1 aromatic carbocycles. The SMILES string of the molecule is CC(C)c1ccc(C2/C(=C(/O)c3ccncc3)C(=O)C(=O)N2CCN(C)C)cc1. The lowest BCUT2D eigenvalue weighted by molar-refractivity contribution is -0.140. The van der Waals surface area contributed by atoms with Crippen molar-refractivity contribution < 1.29 is 14.7 Å². The van der Waals surface area contributed by atoms with Gasteiger partial charge in [0.2, 0.25) is 0 Å². The first-order chi connectivity index (χ1) is 13.8. The summed E-state index contributed by atoms with van der Waals surface area (Å²) in [7, 11) is 3.83. The fourth-order valence-electron chi connectivity index (χ4n) is 3.49. The second kappa shape index (κ2) is 8.57. The third-order valence-corrected chi connectivity index (χ3v) is 5.20. The molecule has 1 fully saturated rings. The summed E-state index contributed by atoms with van der Waals surface area (Å²) in [6.07, 6.45) is 3.09. The number of aromatic nitrogens is 1. The quantitative estimate of drug-likeness (QED) is 0.464. The van der Waals surface area contributed by atoms with Crippen LogP contribution in [0.3, 0.4) is 0 Å². The molecule has 0 spiro atoms. The van der Waals surface area contributed by atoms with Crippen molar-refractivity contribution in [3.05, 3.63) is 71.1 Å². The third kappa shape index (κ3) is 4.22. The Balaban J connectivity index is 2.11. The van der Waals surface area contributed by atoms with Gasteiger partial charge in [-0.25, -0.2) is 0 Å². The maximum absolute atomic E-state index is 12.9. The molecule has 3 rings (SSSR count). The first-order valence-corrected chi connectivity index (χ1v) is 9.74. The van der Waals surface area contributed by atoms with E-state index >= 15 is 0 Å². The molecule has 6 nitrogen and oxygen atoms in total. The predicted molar refractivity (Wildman–Crippen MR) is 112 cm³/mol. The van der Waals surface area contributed by atoms with Crippen molar-refractivity contribution in [3.63, 3.8) is 0 Å². The van der Waals surface area contributed by atoms with Crippen LogP contribution in [0.5, 0.6) is 0 Å². The van der Waals surface area contributed by atoms with Crippen molar-refractivity contribution in [1.29, 1.82) is 0 Å². The fourth-order valence-corrected chi connectivity index (χ4v) is 3.49. The lowest BCUT2D eigenvalue weighted by atomic mass is 9.93. The lowest BCUT2D eigenvalue weighted by Gasteiger charge is -2.26. The van der Waals surface area contributed by atoms with Gasteiger partial charge in [0.25, 0.3) is 11.7 Å². The number of aliphatic hydroxyl groups excluding tert-OH is 1. The molecule has 0 saturated carbocycles. The average molecular weight is 393 g/mol. The van der Waals surface area contributed by atoms with E-state index in [9.17, 15) is 14.7 Å². The summed E-state index contributed by atoms with van der Waals surface area (Å²) in [5, 5.41) is 10.9. The number of Topliss-reactive ketones (excluding diaryl/α,β-unsaturated/α-hetero) is 1. The molecule has 6 heteroatoms. The molecule has 1 unspecified atom stereocenters. The lowest BCUT2D eigenvalue weighted by Crippen LogP contribution is -2.35. The van der Waals surface area contributed by atoms with Crippen LogP contribution in [0.15, 0.2) is 54.4 Å². The summed E-state index contributed by atoms with van der Waals surface area (Å²) in [6.45, 7) is 5.23. The molecule has 0 bridgehead atoms. The van der Waals surface area contributed by atoms with Crippen molar-refractivity contribution in [1.82, 2.24) is 14.8 Å². The summed E-state index contributed by atoms with van der Waals surface area (Å²) >= 11 is 0. The standard InChI is InChI=1S/C23H27N3O3/c1-15(2)16-5-7-17(8-6-16)20-19(21(27)18-9-11-24-12-10-18)22(28)23(29)26(20)14-13-25(3)4/h5-12,15,20,27H,13-14H2,1-4H3/b21-19-. The molecule has 1 saturated heterocycles. The van der Waals surface area contributed by atoms with Gasteiger partial charge in [-0.15, -0.1) is 0 Å². The highest BCUT2D eigenvalue weighted by Crippen LogP contribution is 2.39. The number of hydrogen-bond acceptors (Lipinski definition) is 5. The van der Waals surface area contributed by atoms with E-state index < -0.39 is 17.7 Å². The number of ketones is 1. The summed E-state index contributed by atoms with van der Waals surface area (Å²) in [6, 6.07) is 10.5. The number of nitrogens with zero attached hydrogens (tertiary/aromatic N) is 3. The molecular weight excluding hydrogens is 366 g/mol. The monoisotopic (exact) mass is 393 g/mol. The van der Waals surface area contributed by atoms with E-state index in [1.165, 1.54) is 5.56 Å². The molecule has 1 aromatic heterocycles. The first kappa shape index (κ1) is 20.7. The van der Waals surface area contributed by atoms with Crippen molar-refractivity contribution in [2.45, 2.75) is 25.8 Å². The molecule has 1 aliphatic heterocycles. The highest BCUT2D eigenvalue weighted by molar-refractivity contribution is 6.46. The number of carbonyl (C=O) groups excluding carboxylic acids is 2. The van der Waals surface area contributed by atoms with E-state index in [1.54, 1.807) is 29.4 Å². The van der Waals surface area contributed by atoms with Crippen LogP contribution in [0, 0.1) is 0 Å². The molecule has 1 amide bonds. The van der Waals surface area contributed by atoms with E-state index in [4.69, 9.17) is 0 Å². The minimum absolute atomic E-state index is 0.122. The maximum Gasteiger partial charge on any atom is 0.295 e. The highest BCUT2D eigenvalue weighted by Gasteiger charge is 2.45. The zero-order valence-corrected chi connectivity index (χ0v) is 17.3. The van der Waals surface area contributed by atoms with Gasteiger partial charge in [0.05, 0.1) is 11.6 Å². The van der Waals surface area contributed by atoms with E-state index in [2.05, 4.69) is 18.8 Å². The molecule has 1 N–H and O–H groups in total. The van der Waals surface area contributed by atoms with Crippen molar-refractivity contribution in [3.8, 4) is 0 Å². The minimum Gasteiger partial charge on any atom is -0.507 e. The maximum atomic E-state index is 12.9. The van der Waals surface area contributed by atoms with E-state index in [-0.39, 0.29) is 11.3 Å². The van der Waals surface area contributed by atoms with E-state index in [0.29, 0.717) is 24.6 Å². The summed E-state index contributed by atoms with van der Waals surface area (Å²) < 4.78 is 0. The van der Waals surface area contributed by atoms with Crippen molar-refractivity contribution >= 4 is 17.4 Å². The summed E-state index contributed by atoms with van der Waals surface area (Å²) in [5.41, 5.74) is 2.57. The van der Waals surface area contributed by atoms with Crippen LogP contribution in [-0.2, 0) is 9.59 Å². The van der Waals surface area contributed by atoms with Crippen LogP contribution >= 0.6 is 0 Å². The topological polar surface area (TPSA) is 73.7 Å². The minimum atomic E-state index is -0.656. The Labute approximate surface area is 171 Å². The number of carbonyl (C=O) groups is 2. The molecule has 2 aromatic rings. The number of benzene rings is 1. The molecule has 1 aliphatic rings. The highest BCUT2D eigenvalue weighted by atomic mass is 16.3. The average Bonchev–Trinajstić information content (AvgIpc) is 2.97. The smallest absolute Gasteiger partial charge is 0.295 e. The van der Waals surface area contributed by atoms with E-state index in [0.717, 1.165) is 5.56 Å². The number of pyridine rings is 1.